The standard InChI is InChI=1S/C28H28N4O3S/c1-4-19-7-11-21(12-8-19)32-26(33)24-16-23(25-6-5-15-36-25)30-31(24)18-28(32,2)27(34)29-17-20-9-13-22(35-3)14-10-20/h5-16H,4,17-18H2,1-3H3,(H,29,34). The zero-order valence-corrected chi connectivity index (χ0v) is 21.3. The van der Waals surface area contributed by atoms with Gasteiger partial charge in [-0.15, -0.1) is 11.3 Å². The molecule has 0 radical (unpaired) electrons. The molecule has 0 fully saturated rings. The Bertz CT molecular complexity index is 1380. The number of aromatic nitrogens is 2. The molecule has 4 aromatic rings. The van der Waals surface area contributed by atoms with Crippen molar-refractivity contribution in [1.29, 1.82) is 0 Å². The first-order valence-electron chi connectivity index (χ1n) is 11.9. The number of nitrogens with one attached hydrogen (secondary N) is 1. The molecule has 0 saturated carbocycles. The highest BCUT2D eigenvalue weighted by Gasteiger charge is 2.48. The molecule has 1 aliphatic heterocycles. The third-order valence-corrected chi connectivity index (χ3v) is 7.52. The minimum Gasteiger partial charge on any atom is -0.497 e. The first kappa shape index (κ1) is 23.8. The minimum absolute atomic E-state index is 0.240. The van der Waals surface area contributed by atoms with E-state index in [4.69, 9.17) is 9.84 Å². The van der Waals surface area contributed by atoms with Crippen LogP contribution in [0.25, 0.3) is 10.6 Å². The molecular weight excluding hydrogens is 472 g/mol. The van der Waals surface area contributed by atoms with Crippen LogP contribution in [0.1, 0.15) is 35.5 Å². The van der Waals surface area contributed by atoms with Crippen molar-refractivity contribution in [3.05, 3.63) is 88.9 Å². The van der Waals surface area contributed by atoms with E-state index in [0.29, 0.717) is 17.9 Å². The van der Waals surface area contributed by atoms with Crippen molar-refractivity contribution in [3.63, 3.8) is 0 Å². The number of anilines is 1. The van der Waals surface area contributed by atoms with Crippen LogP contribution in [0, 0.1) is 0 Å². The largest absolute Gasteiger partial charge is 0.497 e. The molecular formula is C28H28N4O3S. The van der Waals surface area contributed by atoms with Crippen molar-refractivity contribution < 1.29 is 14.3 Å². The van der Waals surface area contributed by atoms with E-state index in [1.807, 2.05) is 72.1 Å². The Morgan fingerprint density at radius 3 is 2.47 bits per heavy atom. The monoisotopic (exact) mass is 500 g/mol. The van der Waals surface area contributed by atoms with Crippen molar-refractivity contribution in [2.45, 2.75) is 38.9 Å². The maximum Gasteiger partial charge on any atom is 0.277 e. The van der Waals surface area contributed by atoms with Gasteiger partial charge in [0.2, 0.25) is 5.91 Å². The van der Waals surface area contributed by atoms with Crippen molar-refractivity contribution >= 4 is 28.8 Å². The van der Waals surface area contributed by atoms with E-state index in [9.17, 15) is 9.59 Å². The Kier molecular flexibility index (Phi) is 6.36. The van der Waals surface area contributed by atoms with E-state index in [-0.39, 0.29) is 18.4 Å². The zero-order chi connectivity index (χ0) is 25.3. The summed E-state index contributed by atoms with van der Waals surface area (Å²) in [4.78, 5) is 30.2. The second-order valence-electron chi connectivity index (χ2n) is 9.01. The molecule has 7 nitrogen and oxygen atoms in total. The van der Waals surface area contributed by atoms with Gasteiger partial charge in [-0.2, -0.15) is 5.10 Å². The summed E-state index contributed by atoms with van der Waals surface area (Å²) >= 11 is 1.57. The van der Waals surface area contributed by atoms with Gasteiger partial charge in [0, 0.05) is 12.2 Å². The van der Waals surface area contributed by atoms with Gasteiger partial charge in [-0.05, 0) is 66.2 Å². The number of ether oxygens (including phenoxy) is 1. The minimum atomic E-state index is -1.18. The first-order chi connectivity index (χ1) is 17.4. The van der Waals surface area contributed by atoms with Crippen LogP contribution in [0.2, 0.25) is 0 Å². The van der Waals surface area contributed by atoms with Gasteiger partial charge in [-0.1, -0.05) is 37.3 Å². The Labute approximate surface area is 214 Å². The fraction of sp³-hybridized carbons (Fsp3) is 0.250. The van der Waals surface area contributed by atoms with Gasteiger partial charge < -0.3 is 10.1 Å². The highest BCUT2D eigenvalue weighted by atomic mass is 32.1. The summed E-state index contributed by atoms with van der Waals surface area (Å²) in [5.41, 5.74) is 2.82. The van der Waals surface area contributed by atoms with Crippen LogP contribution in [0.4, 0.5) is 5.69 Å². The lowest BCUT2D eigenvalue weighted by molar-refractivity contribution is -0.126. The summed E-state index contributed by atoms with van der Waals surface area (Å²) in [5.74, 6) is 0.261. The lowest BCUT2D eigenvalue weighted by atomic mass is 9.93. The maximum absolute atomic E-state index is 13.9. The van der Waals surface area contributed by atoms with Gasteiger partial charge >= 0.3 is 0 Å². The molecule has 0 aliphatic carbocycles. The van der Waals surface area contributed by atoms with E-state index in [2.05, 4.69) is 12.2 Å². The molecule has 8 heteroatoms. The number of benzene rings is 2. The van der Waals surface area contributed by atoms with Crippen LogP contribution in [0.3, 0.4) is 0 Å². The third kappa shape index (κ3) is 4.28. The van der Waals surface area contributed by atoms with Gasteiger partial charge in [-0.25, -0.2) is 0 Å². The predicted octanol–water partition coefficient (Wildman–Crippen LogP) is 4.92. The Hall–Kier alpha value is -3.91. The third-order valence-electron chi connectivity index (χ3n) is 6.63. The van der Waals surface area contributed by atoms with E-state index in [0.717, 1.165) is 28.3 Å². The van der Waals surface area contributed by atoms with E-state index in [1.54, 1.807) is 35.0 Å². The number of amides is 2. The molecule has 184 valence electrons. The molecule has 1 unspecified atom stereocenters. The normalized spacial score (nSPS) is 17.1. The fourth-order valence-corrected chi connectivity index (χ4v) is 5.21. The summed E-state index contributed by atoms with van der Waals surface area (Å²) in [6.07, 6.45) is 0.894. The van der Waals surface area contributed by atoms with Gasteiger partial charge in [0.1, 0.15) is 22.7 Å². The first-order valence-corrected chi connectivity index (χ1v) is 12.8. The number of methoxy groups -OCH3 is 1. The second kappa shape index (κ2) is 9.62. The van der Waals surface area contributed by atoms with Crippen LogP contribution < -0.4 is 15.0 Å². The van der Waals surface area contributed by atoms with E-state index < -0.39 is 5.54 Å². The molecule has 36 heavy (non-hydrogen) atoms. The molecule has 5 rings (SSSR count). The number of rotatable bonds is 7. The van der Waals surface area contributed by atoms with Crippen molar-refractivity contribution in [1.82, 2.24) is 15.1 Å². The SMILES string of the molecule is CCc1ccc(N2C(=O)c3cc(-c4cccs4)nn3CC2(C)C(=O)NCc2ccc(OC)cc2)cc1. The van der Waals surface area contributed by atoms with Gasteiger partial charge in [-0.3, -0.25) is 19.2 Å². The highest BCUT2D eigenvalue weighted by molar-refractivity contribution is 7.13. The average Bonchev–Trinajstić information content (AvgIpc) is 3.58. The smallest absolute Gasteiger partial charge is 0.277 e. The Morgan fingerprint density at radius 1 is 1.11 bits per heavy atom. The number of carbonyl (C=O) groups is 2. The van der Waals surface area contributed by atoms with E-state index in [1.165, 1.54) is 5.56 Å². The second-order valence-corrected chi connectivity index (χ2v) is 9.96. The van der Waals surface area contributed by atoms with Crippen molar-refractivity contribution in [3.8, 4) is 16.3 Å². The van der Waals surface area contributed by atoms with Gasteiger partial charge in [0.25, 0.3) is 5.91 Å². The quantitative estimate of drug-likeness (QED) is 0.391. The molecule has 2 aromatic carbocycles. The predicted molar refractivity (Wildman–Crippen MR) is 141 cm³/mol. The lowest BCUT2D eigenvalue weighted by Crippen LogP contribution is -2.64. The maximum atomic E-state index is 13.9. The molecule has 2 aromatic heterocycles. The molecule has 1 N–H and O–H groups in total. The Balaban J connectivity index is 1.50. The van der Waals surface area contributed by atoms with Crippen molar-refractivity contribution in [2.24, 2.45) is 0 Å². The molecule has 1 atom stereocenters. The fourth-order valence-electron chi connectivity index (χ4n) is 4.53. The zero-order valence-electron chi connectivity index (χ0n) is 20.5. The number of carbonyl (C=O) groups excluding carboxylic acids is 2. The molecule has 0 bridgehead atoms. The van der Waals surface area contributed by atoms with Crippen molar-refractivity contribution in [2.75, 3.05) is 12.0 Å². The van der Waals surface area contributed by atoms with Crippen LogP contribution in [0.15, 0.2) is 72.1 Å². The number of hydrogen-bond acceptors (Lipinski definition) is 5. The molecule has 3 heterocycles. The van der Waals surface area contributed by atoms with Crippen LogP contribution in [0.5, 0.6) is 5.75 Å². The summed E-state index contributed by atoms with van der Waals surface area (Å²) in [5, 5.41) is 9.72. The lowest BCUT2D eigenvalue weighted by Gasteiger charge is -2.43. The average molecular weight is 501 g/mol. The summed E-state index contributed by atoms with van der Waals surface area (Å²) < 4.78 is 6.89. The summed E-state index contributed by atoms with van der Waals surface area (Å²) in [6, 6.07) is 21.1. The topological polar surface area (TPSA) is 76.5 Å². The number of hydrogen-bond donors (Lipinski definition) is 1. The number of fused-ring (bicyclic) bond motifs is 1. The molecule has 1 aliphatic rings. The summed E-state index contributed by atoms with van der Waals surface area (Å²) in [6.45, 7) is 4.46. The molecule has 0 spiro atoms. The number of aryl methyl sites for hydroxylation is 1. The summed E-state index contributed by atoms with van der Waals surface area (Å²) in [7, 11) is 1.62. The van der Waals surface area contributed by atoms with Crippen LogP contribution in [-0.4, -0.2) is 34.2 Å². The van der Waals surface area contributed by atoms with Gasteiger partial charge in [0.05, 0.1) is 18.5 Å². The van der Waals surface area contributed by atoms with Crippen LogP contribution >= 0.6 is 11.3 Å². The highest BCUT2D eigenvalue weighted by Crippen LogP contribution is 2.35. The number of nitrogens with zero attached hydrogens (tertiary/aromatic N) is 3. The Morgan fingerprint density at radius 2 is 1.83 bits per heavy atom. The molecule has 0 saturated heterocycles. The van der Waals surface area contributed by atoms with Crippen LogP contribution in [-0.2, 0) is 24.3 Å². The van der Waals surface area contributed by atoms with Gasteiger partial charge in [0.15, 0.2) is 0 Å². The molecule has 2 amide bonds. The van der Waals surface area contributed by atoms with E-state index >= 15 is 0 Å². The number of thiophene rings is 1.